The molecule has 4 amide bonds. The third-order valence-corrected chi connectivity index (χ3v) is 7.29. The van der Waals surface area contributed by atoms with E-state index in [0.717, 1.165) is 18.4 Å². The molecule has 2 aliphatic heterocycles. The van der Waals surface area contributed by atoms with Gasteiger partial charge in [-0.05, 0) is 11.5 Å². The number of carbonyl (C=O) groups is 4. The van der Waals surface area contributed by atoms with Crippen molar-refractivity contribution in [3.63, 3.8) is 0 Å². The average Bonchev–Trinajstić information content (AvgIpc) is 3.20. The Morgan fingerprint density at radius 2 is 1.56 bits per heavy atom. The lowest BCUT2D eigenvalue weighted by molar-refractivity contribution is -0.134. The van der Waals surface area contributed by atoms with E-state index in [-0.39, 0.29) is 28.8 Å². The van der Waals surface area contributed by atoms with Crippen LogP contribution in [0.5, 0.6) is 0 Å². The van der Waals surface area contributed by atoms with E-state index < -0.39 is 46.2 Å². The van der Waals surface area contributed by atoms with Gasteiger partial charge in [-0.25, -0.2) is 17.6 Å². The summed E-state index contributed by atoms with van der Waals surface area (Å²) in [5.41, 5.74) is 2.46. The predicted molar refractivity (Wildman–Crippen MR) is 140 cm³/mol. The van der Waals surface area contributed by atoms with Crippen molar-refractivity contribution in [2.75, 3.05) is 13.1 Å². The van der Waals surface area contributed by atoms with Crippen LogP contribution in [-0.2, 0) is 11.3 Å². The summed E-state index contributed by atoms with van der Waals surface area (Å²) in [5, 5.41) is 3.41. The average molecular weight is 602 g/mol. The molecule has 2 saturated heterocycles. The quantitative estimate of drug-likeness (QED) is 0.137. The number of benzene rings is 2. The van der Waals surface area contributed by atoms with Crippen molar-refractivity contribution in [2.45, 2.75) is 44.9 Å². The number of nitrogens with one attached hydrogen (secondary N) is 2. The second-order valence-corrected chi connectivity index (χ2v) is 10.3. The fourth-order valence-corrected chi connectivity index (χ4v) is 5.06. The van der Waals surface area contributed by atoms with Crippen LogP contribution in [0.4, 0.5) is 26.8 Å². The van der Waals surface area contributed by atoms with Crippen LogP contribution in [0.2, 0.25) is 0 Å². The summed E-state index contributed by atoms with van der Waals surface area (Å²) >= 11 is 3.93. The first-order valence-electron chi connectivity index (χ1n) is 12.4. The van der Waals surface area contributed by atoms with E-state index in [0.29, 0.717) is 25.2 Å². The maximum atomic E-state index is 13.1. The smallest absolute Gasteiger partial charge is 0.282 e. The molecule has 222 valence electrons. The van der Waals surface area contributed by atoms with Crippen molar-refractivity contribution >= 4 is 35.6 Å². The number of thiol groups is 1. The van der Waals surface area contributed by atoms with Crippen LogP contribution in [0.1, 0.15) is 53.0 Å². The highest BCUT2D eigenvalue weighted by atomic mass is 32.1. The molecule has 0 radical (unpaired) electrons. The minimum absolute atomic E-state index is 0.160. The van der Waals surface area contributed by atoms with Gasteiger partial charge in [-0.2, -0.15) is 5.54 Å². The molecule has 0 bridgehead atoms. The fourth-order valence-electron chi connectivity index (χ4n) is 4.86. The topological polar surface area (TPSA) is 125 Å². The summed E-state index contributed by atoms with van der Waals surface area (Å²) in [6.07, 6.45) is 1.47. The second kappa shape index (κ2) is 12.9. The second-order valence-electron chi connectivity index (χ2n) is 9.87. The van der Waals surface area contributed by atoms with Crippen molar-refractivity contribution in [3.05, 3.63) is 70.3 Å². The van der Waals surface area contributed by atoms with Gasteiger partial charge in [0, 0.05) is 32.5 Å². The molecule has 15 heteroatoms. The number of nitrogens with two attached hydrogens (primary N) is 1. The third kappa shape index (κ3) is 6.45. The zero-order valence-corrected chi connectivity index (χ0v) is 22.9. The molecule has 1 atom stereocenters. The van der Waals surface area contributed by atoms with Crippen molar-refractivity contribution in [3.8, 4) is 0 Å². The van der Waals surface area contributed by atoms with E-state index >= 15 is 0 Å². The Balaban J connectivity index is 0.000000241. The van der Waals surface area contributed by atoms with Gasteiger partial charge in [-0.1, -0.05) is 61.3 Å². The zero-order chi connectivity index (χ0) is 30.6. The minimum atomic E-state index is -2.36. The lowest BCUT2D eigenvalue weighted by Crippen LogP contribution is -2.59. The van der Waals surface area contributed by atoms with Crippen LogP contribution in [-0.4, -0.2) is 57.6 Å². The molecule has 41 heavy (non-hydrogen) atoms. The third-order valence-electron chi connectivity index (χ3n) is 7.01. The van der Waals surface area contributed by atoms with Crippen LogP contribution in [0.25, 0.3) is 0 Å². The van der Waals surface area contributed by atoms with Crippen LogP contribution in [0, 0.1) is 29.2 Å². The predicted octanol–water partition coefficient (Wildman–Crippen LogP) is 3.44. The van der Waals surface area contributed by atoms with Gasteiger partial charge in [0.2, 0.25) is 5.91 Å². The fraction of sp³-hybridized carbons (Fsp3) is 0.385. The number of hydrogen-bond acceptors (Lipinski definition) is 5. The van der Waals surface area contributed by atoms with Crippen LogP contribution in [0.15, 0.2) is 30.3 Å². The monoisotopic (exact) mass is 601 g/mol. The summed E-state index contributed by atoms with van der Waals surface area (Å²) in [6.45, 7) is 5.99. The number of halogens is 5. The Labute approximate surface area is 237 Å². The first-order chi connectivity index (χ1) is 19.3. The van der Waals surface area contributed by atoms with Crippen LogP contribution >= 0.6 is 12.6 Å². The van der Waals surface area contributed by atoms with E-state index in [1.54, 1.807) is 4.90 Å². The first kappa shape index (κ1) is 31.8. The van der Waals surface area contributed by atoms with Crippen molar-refractivity contribution in [1.29, 1.82) is 0 Å². The highest BCUT2D eigenvalue weighted by Crippen LogP contribution is 2.35. The minimum Gasteiger partial charge on any atom is -0.365 e. The number of primary amides is 1. The number of amides is 4. The SMILES string of the molecule is CC(C)C1NC2(CCN(C(=O)S)CC2)N(Cc2ccccc2)C1=O.NC(=O)c1c(F)c(F)c(F)c(F)c1C(=O)NF. The summed E-state index contributed by atoms with van der Waals surface area (Å²) in [4.78, 5) is 49.7. The molecule has 1 unspecified atom stereocenters. The van der Waals surface area contributed by atoms with Gasteiger partial charge in [0.1, 0.15) is 0 Å². The van der Waals surface area contributed by atoms with E-state index in [9.17, 15) is 41.2 Å². The molecule has 0 aromatic heterocycles. The maximum absolute atomic E-state index is 13.1. The van der Waals surface area contributed by atoms with E-state index in [1.807, 2.05) is 23.1 Å². The molecule has 0 saturated carbocycles. The highest BCUT2D eigenvalue weighted by Gasteiger charge is 2.52. The first-order valence-corrected chi connectivity index (χ1v) is 12.9. The Hall–Kier alpha value is -3.72. The molecule has 1 spiro atoms. The summed E-state index contributed by atoms with van der Waals surface area (Å²) in [6, 6.07) is 9.92. The van der Waals surface area contributed by atoms with Crippen molar-refractivity contribution in [1.82, 2.24) is 20.7 Å². The summed E-state index contributed by atoms with van der Waals surface area (Å²) < 4.78 is 63.4. The molecule has 2 aromatic carbocycles. The maximum Gasteiger partial charge on any atom is 0.282 e. The van der Waals surface area contributed by atoms with Crippen molar-refractivity contribution in [2.24, 2.45) is 11.7 Å². The van der Waals surface area contributed by atoms with Crippen LogP contribution < -0.4 is 16.6 Å². The van der Waals surface area contributed by atoms with Gasteiger partial charge < -0.3 is 15.5 Å². The number of piperidine rings is 1. The molecule has 2 heterocycles. The normalized spacial score (nSPS) is 17.9. The highest BCUT2D eigenvalue weighted by molar-refractivity contribution is 7.96. The van der Waals surface area contributed by atoms with Gasteiger partial charge in [-0.15, -0.1) is 0 Å². The Morgan fingerprint density at radius 1 is 1.02 bits per heavy atom. The largest absolute Gasteiger partial charge is 0.365 e. The summed E-state index contributed by atoms with van der Waals surface area (Å²) in [5.74, 6) is -12.4. The summed E-state index contributed by atoms with van der Waals surface area (Å²) in [7, 11) is 0. The molecule has 9 nitrogen and oxygen atoms in total. The van der Waals surface area contributed by atoms with E-state index in [1.165, 1.54) is 0 Å². The molecule has 0 aliphatic carbocycles. The van der Waals surface area contributed by atoms with Gasteiger partial charge in [-0.3, -0.25) is 24.5 Å². The van der Waals surface area contributed by atoms with Gasteiger partial charge in [0.05, 0.1) is 22.8 Å². The molecular weight excluding hydrogens is 573 g/mol. The number of hydrogen-bond donors (Lipinski definition) is 4. The van der Waals surface area contributed by atoms with Gasteiger partial charge >= 0.3 is 0 Å². The Kier molecular flexibility index (Phi) is 9.97. The molecular formula is C26H28F5N5O4S. The number of nitrogens with zero attached hydrogens (tertiary/aromatic N) is 2. The molecule has 2 fully saturated rings. The lowest BCUT2D eigenvalue weighted by Gasteiger charge is -2.44. The molecule has 2 aliphatic rings. The van der Waals surface area contributed by atoms with Gasteiger partial charge in [0.25, 0.3) is 17.1 Å². The number of carbonyl (C=O) groups excluding carboxylic acids is 4. The molecule has 2 aromatic rings. The number of rotatable bonds is 5. The Bertz CT molecular complexity index is 1340. The molecule has 4 N–H and O–H groups in total. The van der Waals surface area contributed by atoms with Crippen LogP contribution in [0.3, 0.4) is 0 Å². The zero-order valence-electron chi connectivity index (χ0n) is 22.0. The van der Waals surface area contributed by atoms with E-state index in [2.05, 4.69) is 49.7 Å². The number of likely N-dealkylation sites (tertiary alicyclic amines) is 1. The Morgan fingerprint density at radius 3 is 2.02 bits per heavy atom. The standard InChI is InChI=1S/C18H25N3O2S.C8H3F5N2O2/c1-13(2)15-16(22)21(12-14-6-4-3-5-7-14)18(19-15)8-10-20(11-9-18)17(23)24;9-3-1(7(14)16)2(8(17)15-13)4(10)6(12)5(3)11/h3-7,13,15,19H,8-12H2,1-2H3,(H,23,24);(H2,14,16)(H,15,17). The molecule has 4 rings (SSSR count). The van der Waals surface area contributed by atoms with Gasteiger partial charge in [0.15, 0.2) is 23.3 Å². The van der Waals surface area contributed by atoms with E-state index in [4.69, 9.17) is 0 Å². The van der Waals surface area contributed by atoms with Crippen molar-refractivity contribution < 1.29 is 41.2 Å². The lowest BCUT2D eigenvalue weighted by atomic mass is 9.95.